The number of benzene rings is 3. The molecule has 0 atom stereocenters. The number of nitrogen functional groups attached to an aromatic ring is 1. The summed E-state index contributed by atoms with van der Waals surface area (Å²) in [6.45, 7) is 1.36. The van der Waals surface area contributed by atoms with Crippen LogP contribution in [-0.2, 0) is 4.79 Å². The Labute approximate surface area is 163 Å². The highest BCUT2D eigenvalue weighted by Gasteiger charge is 2.14. The van der Waals surface area contributed by atoms with Crippen molar-refractivity contribution in [2.45, 2.75) is 6.92 Å². The molecule has 0 unspecified atom stereocenters. The summed E-state index contributed by atoms with van der Waals surface area (Å²) in [6.07, 6.45) is 0. The number of carbonyl (C=O) groups excluding carboxylic acids is 1. The van der Waals surface area contributed by atoms with Gasteiger partial charge in [0, 0.05) is 22.8 Å². The Hall–Kier alpha value is -2.93. The molecule has 138 valence electrons. The van der Waals surface area contributed by atoms with Crippen LogP contribution < -0.4 is 16.4 Å². The van der Waals surface area contributed by atoms with Crippen LogP contribution in [0.15, 0.2) is 59.1 Å². The molecule has 0 aliphatic heterocycles. The molecule has 7 heteroatoms. The first-order valence-electron chi connectivity index (χ1n) is 8.02. The molecule has 0 saturated heterocycles. The van der Waals surface area contributed by atoms with Crippen LogP contribution >= 0.6 is 15.9 Å². The lowest BCUT2D eigenvalue weighted by molar-refractivity contribution is -0.114. The van der Waals surface area contributed by atoms with E-state index in [9.17, 15) is 13.6 Å². The lowest BCUT2D eigenvalue weighted by Crippen LogP contribution is -2.06. The predicted octanol–water partition coefficient (Wildman–Crippen LogP) is 5.68. The van der Waals surface area contributed by atoms with Crippen molar-refractivity contribution in [3.05, 3.63) is 70.7 Å². The fourth-order valence-corrected chi connectivity index (χ4v) is 3.07. The van der Waals surface area contributed by atoms with Crippen LogP contribution in [0.4, 0.5) is 31.5 Å². The zero-order valence-electron chi connectivity index (χ0n) is 14.3. The second-order valence-electron chi connectivity index (χ2n) is 5.93. The van der Waals surface area contributed by atoms with Gasteiger partial charge in [-0.3, -0.25) is 4.79 Å². The van der Waals surface area contributed by atoms with E-state index >= 15 is 0 Å². The fraction of sp³-hybridized carbons (Fsp3) is 0.0500. The molecular formula is C20H16BrF2N3O. The second kappa shape index (κ2) is 7.75. The molecular weight excluding hydrogens is 416 g/mol. The van der Waals surface area contributed by atoms with Crippen molar-refractivity contribution in [2.75, 3.05) is 16.4 Å². The minimum atomic E-state index is -0.691. The molecule has 0 bridgehead atoms. The van der Waals surface area contributed by atoms with Gasteiger partial charge in [-0.2, -0.15) is 0 Å². The van der Waals surface area contributed by atoms with E-state index in [0.29, 0.717) is 22.7 Å². The largest absolute Gasteiger partial charge is 0.397 e. The van der Waals surface area contributed by atoms with Gasteiger partial charge in [0.05, 0.1) is 16.9 Å². The Morgan fingerprint density at radius 1 is 1.00 bits per heavy atom. The molecule has 0 aromatic heterocycles. The van der Waals surface area contributed by atoms with E-state index in [1.54, 1.807) is 24.3 Å². The van der Waals surface area contributed by atoms with Crippen molar-refractivity contribution in [1.29, 1.82) is 0 Å². The second-order valence-corrected chi connectivity index (χ2v) is 6.85. The number of hydrogen-bond donors (Lipinski definition) is 3. The summed E-state index contributed by atoms with van der Waals surface area (Å²) in [5.74, 6) is -1.68. The average molecular weight is 432 g/mol. The van der Waals surface area contributed by atoms with Gasteiger partial charge < -0.3 is 16.4 Å². The summed E-state index contributed by atoms with van der Waals surface area (Å²) in [4.78, 5) is 11.5. The maximum atomic E-state index is 14.2. The summed E-state index contributed by atoms with van der Waals surface area (Å²) in [5.41, 5.74) is 8.16. The summed E-state index contributed by atoms with van der Waals surface area (Å²) < 4.78 is 29.3. The van der Waals surface area contributed by atoms with Crippen LogP contribution in [0.1, 0.15) is 6.92 Å². The van der Waals surface area contributed by atoms with Gasteiger partial charge in [0.15, 0.2) is 0 Å². The molecule has 0 aliphatic rings. The molecule has 0 heterocycles. The molecule has 4 nitrogen and oxygen atoms in total. The summed E-state index contributed by atoms with van der Waals surface area (Å²) in [7, 11) is 0. The third kappa shape index (κ3) is 4.43. The van der Waals surface area contributed by atoms with E-state index in [2.05, 4.69) is 26.6 Å². The van der Waals surface area contributed by atoms with Crippen molar-refractivity contribution in [1.82, 2.24) is 0 Å². The topological polar surface area (TPSA) is 67.2 Å². The van der Waals surface area contributed by atoms with Crippen molar-refractivity contribution in [3.63, 3.8) is 0 Å². The van der Waals surface area contributed by atoms with Crippen molar-refractivity contribution < 1.29 is 13.6 Å². The minimum absolute atomic E-state index is 0.170. The number of nitrogens with one attached hydrogen (secondary N) is 2. The number of halogens is 3. The van der Waals surface area contributed by atoms with Crippen LogP contribution in [0, 0.1) is 11.6 Å². The van der Waals surface area contributed by atoms with E-state index < -0.39 is 11.6 Å². The molecule has 3 aromatic rings. The Morgan fingerprint density at radius 2 is 1.67 bits per heavy atom. The van der Waals surface area contributed by atoms with E-state index in [-0.39, 0.29) is 17.0 Å². The van der Waals surface area contributed by atoms with Crippen LogP contribution in [-0.4, -0.2) is 5.91 Å². The number of carbonyl (C=O) groups is 1. The van der Waals surface area contributed by atoms with Gasteiger partial charge in [0.2, 0.25) is 5.91 Å². The Bertz CT molecular complexity index is 1000. The number of nitrogens with two attached hydrogens (primary N) is 1. The molecule has 0 radical (unpaired) electrons. The Morgan fingerprint density at radius 3 is 2.30 bits per heavy atom. The van der Waals surface area contributed by atoms with Crippen molar-refractivity contribution in [3.8, 4) is 11.1 Å². The highest BCUT2D eigenvalue weighted by atomic mass is 79.9. The lowest BCUT2D eigenvalue weighted by Gasteiger charge is -2.14. The molecule has 0 fully saturated rings. The number of amides is 1. The third-order valence-electron chi connectivity index (χ3n) is 3.80. The first kappa shape index (κ1) is 18.8. The molecule has 0 spiro atoms. The van der Waals surface area contributed by atoms with E-state index in [1.165, 1.54) is 31.2 Å². The van der Waals surface area contributed by atoms with Gasteiger partial charge in [0.25, 0.3) is 0 Å². The van der Waals surface area contributed by atoms with Crippen LogP contribution in [0.3, 0.4) is 0 Å². The number of anilines is 4. The first-order valence-corrected chi connectivity index (χ1v) is 8.82. The third-order valence-corrected chi connectivity index (χ3v) is 4.29. The molecule has 4 N–H and O–H groups in total. The van der Waals surface area contributed by atoms with Crippen molar-refractivity contribution in [2.24, 2.45) is 0 Å². The zero-order chi connectivity index (χ0) is 19.6. The van der Waals surface area contributed by atoms with Gasteiger partial charge in [-0.05, 0) is 54.1 Å². The quantitative estimate of drug-likeness (QED) is 0.465. The van der Waals surface area contributed by atoms with Crippen LogP contribution in [0.2, 0.25) is 0 Å². The van der Waals surface area contributed by atoms with Gasteiger partial charge in [-0.25, -0.2) is 8.78 Å². The first-order chi connectivity index (χ1) is 12.8. The van der Waals surface area contributed by atoms with Gasteiger partial charge >= 0.3 is 0 Å². The minimum Gasteiger partial charge on any atom is -0.397 e. The summed E-state index contributed by atoms with van der Waals surface area (Å²) in [5, 5.41) is 5.76. The SMILES string of the molecule is CC(=O)Nc1cc(Nc2ccc(Br)cc2N)cc(-c2c(F)cccc2F)c1. The van der Waals surface area contributed by atoms with E-state index in [0.717, 1.165) is 4.47 Å². The number of hydrogen-bond acceptors (Lipinski definition) is 3. The zero-order valence-corrected chi connectivity index (χ0v) is 15.9. The van der Waals surface area contributed by atoms with Crippen LogP contribution in [0.25, 0.3) is 11.1 Å². The van der Waals surface area contributed by atoms with Crippen LogP contribution in [0.5, 0.6) is 0 Å². The monoisotopic (exact) mass is 431 g/mol. The standard InChI is InChI=1S/C20H16BrF2N3O/c1-11(27)25-14-7-12(20-16(22)3-2-4-17(20)23)8-15(10-14)26-19-6-5-13(21)9-18(19)24/h2-10,26H,24H2,1H3,(H,25,27). The molecule has 0 aliphatic carbocycles. The van der Waals surface area contributed by atoms with Crippen molar-refractivity contribution >= 4 is 44.6 Å². The van der Waals surface area contributed by atoms with Gasteiger partial charge in [-0.15, -0.1) is 0 Å². The summed E-state index contributed by atoms with van der Waals surface area (Å²) >= 11 is 3.34. The Kier molecular flexibility index (Phi) is 5.41. The van der Waals surface area contributed by atoms with Gasteiger partial charge in [-0.1, -0.05) is 22.0 Å². The molecule has 0 saturated carbocycles. The molecule has 1 amide bonds. The highest BCUT2D eigenvalue weighted by Crippen LogP contribution is 2.34. The molecule has 3 rings (SSSR count). The maximum absolute atomic E-state index is 14.2. The fourth-order valence-electron chi connectivity index (χ4n) is 2.70. The normalized spacial score (nSPS) is 10.5. The summed E-state index contributed by atoms with van der Waals surface area (Å²) in [6, 6.07) is 13.7. The molecule has 27 heavy (non-hydrogen) atoms. The Balaban J connectivity index is 2.09. The lowest BCUT2D eigenvalue weighted by atomic mass is 10.0. The number of rotatable bonds is 4. The van der Waals surface area contributed by atoms with E-state index in [4.69, 9.17) is 5.73 Å². The smallest absolute Gasteiger partial charge is 0.221 e. The molecule has 3 aromatic carbocycles. The van der Waals surface area contributed by atoms with E-state index in [1.807, 2.05) is 6.07 Å². The average Bonchev–Trinajstić information content (AvgIpc) is 2.56. The predicted molar refractivity (Wildman–Crippen MR) is 108 cm³/mol. The maximum Gasteiger partial charge on any atom is 0.221 e. The van der Waals surface area contributed by atoms with Gasteiger partial charge in [0.1, 0.15) is 11.6 Å². The highest BCUT2D eigenvalue weighted by molar-refractivity contribution is 9.10.